The van der Waals surface area contributed by atoms with Crippen LogP contribution in [0.5, 0.6) is 0 Å². The van der Waals surface area contributed by atoms with E-state index in [1.807, 2.05) is 34.6 Å². The Bertz CT molecular complexity index is 882. The second-order valence-electron chi connectivity index (χ2n) is 11.2. The Hall–Kier alpha value is -3.44. The van der Waals surface area contributed by atoms with Gasteiger partial charge in [-0.1, -0.05) is 88.7 Å². The van der Waals surface area contributed by atoms with Crippen LogP contribution in [-0.2, 0) is 24.0 Å². The van der Waals surface area contributed by atoms with Crippen LogP contribution in [0.25, 0.3) is 0 Å². The number of Topliss-reactive ketones (excluding diaryl/α,β-unsaturated/α-hetero) is 1. The Morgan fingerprint density at radius 3 is 1.95 bits per heavy atom. The lowest BCUT2D eigenvalue weighted by Crippen LogP contribution is -2.60. The monoisotopic (exact) mass is 612 g/mol. The molecule has 1 rings (SSSR count). The smallest absolute Gasteiger partial charge is 0.315 e. The minimum absolute atomic E-state index is 0.122. The summed E-state index contributed by atoms with van der Waals surface area (Å²) in [5.41, 5.74) is 4.33. The van der Waals surface area contributed by atoms with Crippen LogP contribution in [0.15, 0.2) is 12.7 Å². The maximum absolute atomic E-state index is 13.4. The van der Waals surface area contributed by atoms with Gasteiger partial charge >= 0.3 is 6.03 Å². The molecule has 0 aliphatic carbocycles. The summed E-state index contributed by atoms with van der Waals surface area (Å²) in [4.78, 5) is 75.7. The molecular formula is C31H60N6O6. The first-order valence-electron chi connectivity index (χ1n) is 15.4. The van der Waals surface area contributed by atoms with Gasteiger partial charge < -0.3 is 31.9 Å². The van der Waals surface area contributed by atoms with Crippen LogP contribution in [0.1, 0.15) is 102 Å². The summed E-state index contributed by atoms with van der Waals surface area (Å²) in [7, 11) is 0. The number of rotatable bonds is 12. The minimum atomic E-state index is -1.02. The van der Waals surface area contributed by atoms with Crippen molar-refractivity contribution in [3.63, 3.8) is 0 Å². The molecular weight excluding hydrogens is 552 g/mol. The Balaban J connectivity index is -0.00000180. The van der Waals surface area contributed by atoms with Gasteiger partial charge in [0.15, 0.2) is 0 Å². The maximum atomic E-state index is 13.4. The third-order valence-electron chi connectivity index (χ3n) is 5.49. The molecule has 1 aliphatic rings. The zero-order chi connectivity index (χ0) is 34.3. The second-order valence-corrected chi connectivity index (χ2v) is 11.2. The SMILES string of the molecule is C=CCNC(=O)C(=O)C(CCC)NC(=O)C1CCCN1C(=O)C(NC(=O)NCC(N)=O)C(C)(C)C.CC.CC.CC(C)C. The van der Waals surface area contributed by atoms with Gasteiger partial charge in [0.05, 0.1) is 12.6 Å². The van der Waals surface area contributed by atoms with E-state index >= 15 is 0 Å². The molecule has 250 valence electrons. The van der Waals surface area contributed by atoms with Gasteiger partial charge in [-0.05, 0) is 30.6 Å². The van der Waals surface area contributed by atoms with Crippen LogP contribution in [0, 0.1) is 11.3 Å². The molecule has 12 nitrogen and oxygen atoms in total. The van der Waals surface area contributed by atoms with Crippen LogP contribution >= 0.6 is 0 Å². The topological polar surface area (TPSA) is 180 Å². The van der Waals surface area contributed by atoms with Gasteiger partial charge in [-0.2, -0.15) is 0 Å². The zero-order valence-electron chi connectivity index (χ0n) is 28.5. The van der Waals surface area contributed by atoms with Gasteiger partial charge in [0.2, 0.25) is 23.5 Å². The number of carbonyl (C=O) groups excluding carboxylic acids is 6. The summed E-state index contributed by atoms with van der Waals surface area (Å²) in [6.07, 6.45) is 3.18. The molecule has 43 heavy (non-hydrogen) atoms. The van der Waals surface area contributed by atoms with E-state index < -0.39 is 65.5 Å². The summed E-state index contributed by atoms with van der Waals surface area (Å²) in [5.74, 6) is -2.49. The third kappa shape index (κ3) is 18.7. The number of nitrogens with two attached hydrogens (primary N) is 1. The number of carbonyl (C=O) groups is 6. The maximum Gasteiger partial charge on any atom is 0.315 e. The highest BCUT2D eigenvalue weighted by Crippen LogP contribution is 2.26. The molecule has 3 unspecified atom stereocenters. The highest BCUT2D eigenvalue weighted by molar-refractivity contribution is 6.38. The van der Waals surface area contributed by atoms with E-state index in [4.69, 9.17) is 5.73 Å². The summed E-state index contributed by atoms with van der Waals surface area (Å²) in [6.45, 7) is 25.1. The van der Waals surface area contributed by atoms with Crippen molar-refractivity contribution < 1.29 is 28.8 Å². The van der Waals surface area contributed by atoms with E-state index in [2.05, 4.69) is 48.6 Å². The van der Waals surface area contributed by atoms with Crippen molar-refractivity contribution in [2.75, 3.05) is 19.6 Å². The predicted octanol–water partition coefficient (Wildman–Crippen LogP) is 3.05. The Labute approximate surface area is 259 Å². The average molecular weight is 613 g/mol. The summed E-state index contributed by atoms with van der Waals surface area (Å²) in [6, 6.07) is -3.62. The molecule has 1 aliphatic heterocycles. The number of urea groups is 1. The van der Waals surface area contributed by atoms with Crippen molar-refractivity contribution in [3.05, 3.63) is 12.7 Å². The molecule has 1 saturated heterocycles. The lowest BCUT2D eigenvalue weighted by molar-refractivity contribution is -0.143. The number of ketones is 1. The normalized spacial score (nSPS) is 15.0. The fourth-order valence-electron chi connectivity index (χ4n) is 3.70. The van der Waals surface area contributed by atoms with E-state index in [0.717, 1.165) is 5.92 Å². The van der Waals surface area contributed by atoms with E-state index in [9.17, 15) is 28.8 Å². The van der Waals surface area contributed by atoms with Gasteiger partial charge in [-0.25, -0.2) is 4.79 Å². The minimum Gasteiger partial charge on any atom is -0.368 e. The van der Waals surface area contributed by atoms with Gasteiger partial charge in [-0.3, -0.25) is 24.0 Å². The number of nitrogens with one attached hydrogen (secondary N) is 4. The number of primary amides is 1. The summed E-state index contributed by atoms with van der Waals surface area (Å²) < 4.78 is 0. The van der Waals surface area contributed by atoms with Crippen LogP contribution < -0.4 is 27.0 Å². The van der Waals surface area contributed by atoms with Gasteiger partial charge in [0, 0.05) is 13.1 Å². The lowest BCUT2D eigenvalue weighted by atomic mass is 9.85. The fraction of sp³-hybridized carbons (Fsp3) is 0.742. The van der Waals surface area contributed by atoms with E-state index in [0.29, 0.717) is 25.8 Å². The molecule has 0 spiro atoms. The second kappa shape index (κ2) is 24.0. The van der Waals surface area contributed by atoms with Crippen molar-refractivity contribution in [1.82, 2.24) is 26.2 Å². The molecule has 0 aromatic rings. The van der Waals surface area contributed by atoms with Crippen LogP contribution in [0.4, 0.5) is 4.79 Å². The number of hydrogen-bond donors (Lipinski definition) is 5. The van der Waals surface area contributed by atoms with E-state index in [1.165, 1.54) is 11.0 Å². The molecule has 0 radical (unpaired) electrons. The summed E-state index contributed by atoms with van der Waals surface area (Å²) in [5, 5.41) is 9.90. The molecule has 0 saturated carbocycles. The molecule has 6 amide bonds. The highest BCUT2D eigenvalue weighted by Gasteiger charge is 2.42. The van der Waals surface area contributed by atoms with E-state index in [-0.39, 0.29) is 13.0 Å². The first-order valence-corrected chi connectivity index (χ1v) is 15.4. The van der Waals surface area contributed by atoms with Gasteiger partial charge in [0.1, 0.15) is 12.1 Å². The molecule has 0 bridgehead atoms. The van der Waals surface area contributed by atoms with Crippen LogP contribution in [0.2, 0.25) is 0 Å². The quantitative estimate of drug-likeness (QED) is 0.167. The van der Waals surface area contributed by atoms with Crippen molar-refractivity contribution in [2.24, 2.45) is 17.1 Å². The number of hydrogen-bond acceptors (Lipinski definition) is 6. The van der Waals surface area contributed by atoms with Crippen molar-refractivity contribution in [2.45, 2.75) is 120 Å². The Kier molecular flexibility index (Phi) is 24.6. The largest absolute Gasteiger partial charge is 0.368 e. The standard InChI is InChI=1S/C23H38N6O6.C4H10.2C2H6/c1-6-9-14(17(31)20(33)25-11-7-2)27-19(32)15-10-8-12-29(15)21(34)18(23(3,4)5)28-22(35)26-13-16(24)30;1-4(2)3;2*1-2/h7,14-15,18H,2,6,8-13H2,1,3-5H3,(H2,24,30)(H,25,33)(H,27,32)(H2,26,28,35);4H,1-3H3;2*1-2H3. The van der Waals surface area contributed by atoms with Crippen molar-refractivity contribution in [3.8, 4) is 0 Å². The first kappa shape index (κ1) is 44.0. The predicted molar refractivity (Wildman–Crippen MR) is 172 cm³/mol. The molecule has 1 heterocycles. The fourth-order valence-corrected chi connectivity index (χ4v) is 3.70. The van der Waals surface area contributed by atoms with Crippen LogP contribution in [0.3, 0.4) is 0 Å². The van der Waals surface area contributed by atoms with E-state index in [1.54, 1.807) is 20.8 Å². The Morgan fingerprint density at radius 2 is 1.51 bits per heavy atom. The molecule has 3 atom stereocenters. The first-order chi connectivity index (χ1) is 20.1. The highest BCUT2D eigenvalue weighted by atomic mass is 16.2. The zero-order valence-corrected chi connectivity index (χ0v) is 28.5. The molecule has 12 heteroatoms. The van der Waals surface area contributed by atoms with Gasteiger partial charge in [0.25, 0.3) is 5.91 Å². The summed E-state index contributed by atoms with van der Waals surface area (Å²) >= 11 is 0. The number of likely N-dealkylation sites (tertiary alicyclic amines) is 1. The number of nitrogens with zero attached hydrogens (tertiary/aromatic N) is 1. The third-order valence-corrected chi connectivity index (χ3v) is 5.49. The molecule has 0 aromatic heterocycles. The number of amides is 6. The lowest BCUT2D eigenvalue weighted by Gasteiger charge is -2.35. The molecule has 0 aromatic carbocycles. The van der Waals surface area contributed by atoms with Crippen molar-refractivity contribution >= 4 is 35.4 Å². The molecule has 6 N–H and O–H groups in total. The van der Waals surface area contributed by atoms with Gasteiger partial charge in [-0.15, -0.1) is 6.58 Å². The van der Waals surface area contributed by atoms with Crippen LogP contribution in [-0.4, -0.2) is 78.1 Å². The van der Waals surface area contributed by atoms with Crippen molar-refractivity contribution in [1.29, 1.82) is 0 Å². The molecule has 1 fully saturated rings. The Morgan fingerprint density at radius 1 is 0.977 bits per heavy atom. The average Bonchev–Trinajstić information content (AvgIpc) is 3.44.